The number of rotatable bonds is 2. The van der Waals surface area contributed by atoms with Gasteiger partial charge in [-0.05, 0) is 20.8 Å². The molecule has 0 aromatic carbocycles. The van der Waals surface area contributed by atoms with Crippen LogP contribution in [0.25, 0.3) is 0 Å². The van der Waals surface area contributed by atoms with E-state index in [0.29, 0.717) is 19.6 Å². The molecule has 0 spiro atoms. The summed E-state index contributed by atoms with van der Waals surface area (Å²) in [7, 11) is 0. The van der Waals surface area contributed by atoms with E-state index in [0.717, 1.165) is 0 Å². The number of piperazine rings is 1. The quantitative estimate of drug-likeness (QED) is 0.376. The maximum absolute atomic E-state index is 12.1. The van der Waals surface area contributed by atoms with Crippen molar-refractivity contribution in [2.45, 2.75) is 38.5 Å². The summed E-state index contributed by atoms with van der Waals surface area (Å²) in [5, 5.41) is 14.5. The predicted octanol–water partition coefficient (Wildman–Crippen LogP) is 0.332. The van der Waals surface area contributed by atoms with Crippen molar-refractivity contribution in [2.75, 3.05) is 19.6 Å². The molecule has 1 atom stereocenters. The lowest BCUT2D eigenvalue weighted by Crippen LogP contribution is -2.68. The topological polar surface area (TPSA) is 100 Å². The lowest BCUT2D eigenvalue weighted by atomic mass is 10.0. The first-order valence-corrected chi connectivity index (χ1v) is 5.95. The van der Waals surface area contributed by atoms with Crippen molar-refractivity contribution in [1.29, 1.82) is 0 Å². The summed E-state index contributed by atoms with van der Waals surface area (Å²) in [6.07, 6.45) is 1.10. The third-order valence-corrected chi connectivity index (χ3v) is 2.62. The Bertz CT molecular complexity index is 327. The van der Waals surface area contributed by atoms with Crippen molar-refractivity contribution < 1.29 is 14.7 Å². The molecule has 1 fully saturated rings. The van der Waals surface area contributed by atoms with Gasteiger partial charge in [0, 0.05) is 32.3 Å². The second-order valence-electron chi connectivity index (χ2n) is 5.41. The summed E-state index contributed by atoms with van der Waals surface area (Å²) in [6.45, 7) is 6.97. The molecule has 0 saturated carbocycles. The van der Waals surface area contributed by atoms with Gasteiger partial charge in [0.1, 0.15) is 11.3 Å². The molecule has 7 heteroatoms. The standard InChI is InChI=1S/C11H22N4O3/c1-10(2,3)18-9(16)15-7-6-13-8-11(15,12)4-5-14-17/h5,13,17H,4,6-8,12H2,1-3H3. The van der Waals surface area contributed by atoms with Crippen LogP contribution in [-0.4, -0.2) is 53.3 Å². The first-order valence-electron chi connectivity index (χ1n) is 5.95. The van der Waals surface area contributed by atoms with Crippen LogP contribution in [0.2, 0.25) is 0 Å². The largest absolute Gasteiger partial charge is 0.444 e. The van der Waals surface area contributed by atoms with Crippen LogP contribution in [0.15, 0.2) is 5.16 Å². The Balaban J connectivity index is 2.78. The van der Waals surface area contributed by atoms with E-state index in [1.165, 1.54) is 11.1 Å². The third kappa shape index (κ3) is 3.85. The number of amides is 1. The smallest absolute Gasteiger partial charge is 0.411 e. The van der Waals surface area contributed by atoms with Crippen molar-refractivity contribution in [3.05, 3.63) is 0 Å². The number of nitrogens with two attached hydrogens (primary N) is 1. The molecule has 7 nitrogen and oxygen atoms in total. The van der Waals surface area contributed by atoms with E-state index in [1.54, 1.807) is 20.8 Å². The molecule has 1 rings (SSSR count). The van der Waals surface area contributed by atoms with E-state index < -0.39 is 17.4 Å². The lowest BCUT2D eigenvalue weighted by Gasteiger charge is -2.44. The molecule has 0 bridgehead atoms. The minimum atomic E-state index is -0.924. The molecule has 0 aromatic heterocycles. The van der Waals surface area contributed by atoms with Gasteiger partial charge in [0.25, 0.3) is 0 Å². The fraction of sp³-hybridized carbons (Fsp3) is 0.818. The van der Waals surface area contributed by atoms with E-state index in [2.05, 4.69) is 10.5 Å². The van der Waals surface area contributed by atoms with Crippen molar-refractivity contribution in [3.8, 4) is 0 Å². The predicted molar refractivity (Wildman–Crippen MR) is 67.6 cm³/mol. The van der Waals surface area contributed by atoms with Crippen molar-refractivity contribution in [3.63, 3.8) is 0 Å². The minimum absolute atomic E-state index is 0.260. The highest BCUT2D eigenvalue weighted by Crippen LogP contribution is 2.19. The molecular weight excluding hydrogens is 236 g/mol. The van der Waals surface area contributed by atoms with Gasteiger partial charge in [-0.25, -0.2) is 4.79 Å². The molecule has 0 aromatic rings. The Hall–Kier alpha value is -1.34. The Kier molecular flexibility index (Phi) is 4.53. The Morgan fingerprint density at radius 2 is 2.33 bits per heavy atom. The van der Waals surface area contributed by atoms with Crippen LogP contribution in [-0.2, 0) is 4.74 Å². The highest BCUT2D eigenvalue weighted by Gasteiger charge is 2.39. The average Bonchev–Trinajstić information content (AvgIpc) is 2.24. The summed E-state index contributed by atoms with van der Waals surface area (Å²) in [6, 6.07) is 0. The van der Waals surface area contributed by atoms with Crippen molar-refractivity contribution >= 4 is 12.3 Å². The number of carbonyl (C=O) groups excluding carboxylic acids is 1. The van der Waals surface area contributed by atoms with Crippen LogP contribution in [0.4, 0.5) is 4.79 Å². The van der Waals surface area contributed by atoms with Gasteiger partial charge in [0.15, 0.2) is 0 Å². The van der Waals surface area contributed by atoms with Crippen LogP contribution in [0.3, 0.4) is 0 Å². The zero-order valence-corrected chi connectivity index (χ0v) is 11.1. The van der Waals surface area contributed by atoms with Gasteiger partial charge in [0.05, 0.1) is 0 Å². The molecule has 1 amide bonds. The third-order valence-electron chi connectivity index (χ3n) is 2.62. The number of nitrogens with one attached hydrogen (secondary N) is 1. The zero-order chi connectivity index (χ0) is 13.8. The number of ether oxygens (including phenoxy) is 1. The van der Waals surface area contributed by atoms with E-state index in [1.807, 2.05) is 0 Å². The lowest BCUT2D eigenvalue weighted by molar-refractivity contribution is -0.00806. The summed E-state index contributed by atoms with van der Waals surface area (Å²) in [5.74, 6) is 0. The molecule has 1 saturated heterocycles. The summed E-state index contributed by atoms with van der Waals surface area (Å²) in [4.78, 5) is 13.6. The van der Waals surface area contributed by atoms with Gasteiger partial charge in [-0.15, -0.1) is 5.16 Å². The number of oxime groups is 1. The molecule has 1 unspecified atom stereocenters. The fourth-order valence-corrected chi connectivity index (χ4v) is 1.79. The Labute approximate surface area is 107 Å². The van der Waals surface area contributed by atoms with Gasteiger partial charge in [0.2, 0.25) is 0 Å². The second-order valence-corrected chi connectivity index (χ2v) is 5.41. The first kappa shape index (κ1) is 14.7. The van der Waals surface area contributed by atoms with E-state index >= 15 is 0 Å². The fourth-order valence-electron chi connectivity index (χ4n) is 1.79. The number of hydrogen-bond acceptors (Lipinski definition) is 6. The van der Waals surface area contributed by atoms with Gasteiger partial charge in [-0.2, -0.15) is 0 Å². The number of carbonyl (C=O) groups is 1. The van der Waals surface area contributed by atoms with Gasteiger partial charge >= 0.3 is 6.09 Å². The maximum Gasteiger partial charge on any atom is 0.411 e. The normalized spacial score (nSPS) is 25.4. The maximum atomic E-state index is 12.1. The molecule has 104 valence electrons. The van der Waals surface area contributed by atoms with Crippen LogP contribution >= 0.6 is 0 Å². The Morgan fingerprint density at radius 3 is 2.89 bits per heavy atom. The van der Waals surface area contributed by atoms with Crippen molar-refractivity contribution in [1.82, 2.24) is 10.2 Å². The number of nitrogens with zero attached hydrogens (tertiary/aromatic N) is 2. The van der Waals surface area contributed by atoms with Crippen LogP contribution < -0.4 is 11.1 Å². The molecule has 1 aliphatic rings. The molecule has 18 heavy (non-hydrogen) atoms. The second kappa shape index (κ2) is 5.53. The van der Waals surface area contributed by atoms with Crippen molar-refractivity contribution in [2.24, 2.45) is 10.9 Å². The number of hydrogen-bond donors (Lipinski definition) is 3. The molecule has 4 N–H and O–H groups in total. The first-order chi connectivity index (χ1) is 8.28. The average molecular weight is 258 g/mol. The van der Waals surface area contributed by atoms with E-state index in [-0.39, 0.29) is 6.42 Å². The highest BCUT2D eigenvalue weighted by atomic mass is 16.6. The van der Waals surface area contributed by atoms with Crippen LogP contribution in [0.1, 0.15) is 27.2 Å². The van der Waals surface area contributed by atoms with Crippen LogP contribution in [0, 0.1) is 0 Å². The minimum Gasteiger partial charge on any atom is -0.444 e. The van der Waals surface area contributed by atoms with E-state index in [9.17, 15) is 4.79 Å². The zero-order valence-electron chi connectivity index (χ0n) is 11.1. The van der Waals surface area contributed by atoms with E-state index in [4.69, 9.17) is 15.7 Å². The highest BCUT2D eigenvalue weighted by molar-refractivity contribution is 5.71. The molecule has 0 radical (unpaired) electrons. The van der Waals surface area contributed by atoms with Gasteiger partial charge in [-0.3, -0.25) is 4.90 Å². The van der Waals surface area contributed by atoms with Gasteiger partial charge in [-0.1, -0.05) is 0 Å². The molecular formula is C11H22N4O3. The van der Waals surface area contributed by atoms with Crippen LogP contribution in [0.5, 0.6) is 0 Å². The van der Waals surface area contributed by atoms with Gasteiger partial charge < -0.3 is 21.0 Å². The Morgan fingerprint density at radius 1 is 1.67 bits per heavy atom. The summed E-state index contributed by atoms with van der Waals surface area (Å²) < 4.78 is 5.32. The SMILES string of the molecule is CC(C)(C)OC(=O)N1CCNCC1(N)CC=NO. The summed E-state index contributed by atoms with van der Waals surface area (Å²) >= 11 is 0. The monoisotopic (exact) mass is 258 g/mol. The molecule has 1 heterocycles. The molecule has 1 aliphatic heterocycles. The summed E-state index contributed by atoms with van der Waals surface area (Å²) in [5.41, 5.74) is 4.68. The molecule has 0 aliphatic carbocycles.